The molecule has 0 amide bonds. The molecule has 3 nitrogen and oxygen atoms in total. The van der Waals surface area contributed by atoms with Crippen molar-refractivity contribution in [3.05, 3.63) is 12.1 Å². The smallest absolute Gasteiger partial charge is 0.308 e. The molecule has 1 heterocycles. The van der Waals surface area contributed by atoms with Crippen molar-refractivity contribution in [2.45, 2.75) is 26.7 Å². The minimum absolute atomic E-state index is 0.578. The van der Waals surface area contributed by atoms with Gasteiger partial charge in [0, 0.05) is 0 Å². The minimum atomic E-state index is 0.578. The molecule has 0 aromatic carbocycles. The summed E-state index contributed by atoms with van der Waals surface area (Å²) in [4.78, 5) is 4.03. The molecular formula is C8H13NO2. The van der Waals surface area contributed by atoms with Crippen LogP contribution in [0, 0.1) is 0 Å². The van der Waals surface area contributed by atoms with E-state index in [0.717, 1.165) is 18.5 Å². The van der Waals surface area contributed by atoms with Crippen molar-refractivity contribution in [2.24, 2.45) is 0 Å². The van der Waals surface area contributed by atoms with E-state index in [1.807, 2.05) is 6.92 Å². The lowest BCUT2D eigenvalue weighted by Gasteiger charge is -1.98. The Morgan fingerprint density at radius 1 is 1.55 bits per heavy atom. The zero-order valence-corrected chi connectivity index (χ0v) is 6.96. The van der Waals surface area contributed by atoms with E-state index in [2.05, 4.69) is 11.9 Å². The van der Waals surface area contributed by atoms with Gasteiger partial charge in [0.15, 0.2) is 6.39 Å². The van der Waals surface area contributed by atoms with E-state index in [1.54, 1.807) is 0 Å². The number of ether oxygens (including phenoxy) is 1. The van der Waals surface area contributed by atoms with E-state index in [9.17, 15) is 0 Å². The molecule has 1 rings (SSSR count). The van der Waals surface area contributed by atoms with Gasteiger partial charge < -0.3 is 9.15 Å². The summed E-state index contributed by atoms with van der Waals surface area (Å²) in [5.74, 6) is 0.578. The predicted molar refractivity (Wildman–Crippen MR) is 41.7 cm³/mol. The van der Waals surface area contributed by atoms with Gasteiger partial charge in [-0.1, -0.05) is 13.3 Å². The van der Waals surface area contributed by atoms with Gasteiger partial charge in [-0.25, -0.2) is 4.98 Å². The molecule has 0 saturated heterocycles. The van der Waals surface area contributed by atoms with Crippen LogP contribution in [0.5, 0.6) is 5.95 Å². The Morgan fingerprint density at radius 2 is 2.36 bits per heavy atom. The van der Waals surface area contributed by atoms with Crippen molar-refractivity contribution in [1.29, 1.82) is 0 Å². The average Bonchev–Trinajstić information content (AvgIpc) is 2.39. The quantitative estimate of drug-likeness (QED) is 0.667. The molecule has 0 fully saturated rings. The summed E-state index contributed by atoms with van der Waals surface area (Å²) in [6.07, 6.45) is 3.41. The maximum atomic E-state index is 5.20. The van der Waals surface area contributed by atoms with Crippen molar-refractivity contribution in [2.75, 3.05) is 6.61 Å². The van der Waals surface area contributed by atoms with Crippen LogP contribution in [0.2, 0.25) is 0 Å². The van der Waals surface area contributed by atoms with Crippen LogP contribution in [0.3, 0.4) is 0 Å². The van der Waals surface area contributed by atoms with Gasteiger partial charge in [0.2, 0.25) is 0 Å². The average molecular weight is 155 g/mol. The summed E-state index contributed by atoms with van der Waals surface area (Å²) in [6, 6.07) is 0. The van der Waals surface area contributed by atoms with Gasteiger partial charge in [-0.2, -0.15) is 0 Å². The second-order valence-corrected chi connectivity index (χ2v) is 2.27. The monoisotopic (exact) mass is 155 g/mol. The van der Waals surface area contributed by atoms with E-state index >= 15 is 0 Å². The zero-order valence-electron chi connectivity index (χ0n) is 6.96. The molecule has 1 aromatic rings. The second kappa shape index (κ2) is 4.01. The third-order valence-electron chi connectivity index (χ3n) is 1.37. The summed E-state index contributed by atoms with van der Waals surface area (Å²) in [5, 5.41) is 0. The molecule has 1 aromatic heterocycles. The van der Waals surface area contributed by atoms with Crippen molar-refractivity contribution in [3.63, 3.8) is 0 Å². The molecule has 0 atom stereocenters. The van der Waals surface area contributed by atoms with Crippen LogP contribution >= 0.6 is 0 Å². The van der Waals surface area contributed by atoms with Gasteiger partial charge >= 0.3 is 5.95 Å². The fourth-order valence-electron chi connectivity index (χ4n) is 0.910. The third-order valence-corrected chi connectivity index (χ3v) is 1.37. The standard InChI is InChI=1S/C8H13NO2/c1-3-5-7-8(10-4-2)11-6-9-7/h6H,3-5H2,1-2H3. The van der Waals surface area contributed by atoms with Crippen molar-refractivity contribution >= 4 is 0 Å². The van der Waals surface area contributed by atoms with Crippen molar-refractivity contribution in [3.8, 4) is 5.95 Å². The van der Waals surface area contributed by atoms with E-state index in [-0.39, 0.29) is 0 Å². The van der Waals surface area contributed by atoms with E-state index in [4.69, 9.17) is 9.15 Å². The van der Waals surface area contributed by atoms with Crippen molar-refractivity contribution in [1.82, 2.24) is 4.98 Å². The third kappa shape index (κ3) is 1.97. The van der Waals surface area contributed by atoms with Gasteiger partial charge in [-0.15, -0.1) is 0 Å². The first kappa shape index (κ1) is 8.11. The lowest BCUT2D eigenvalue weighted by molar-refractivity contribution is 0.254. The highest BCUT2D eigenvalue weighted by Gasteiger charge is 2.06. The van der Waals surface area contributed by atoms with E-state index in [1.165, 1.54) is 6.39 Å². The minimum Gasteiger partial charge on any atom is -0.464 e. The van der Waals surface area contributed by atoms with Gasteiger partial charge in [0.05, 0.1) is 6.61 Å². The normalized spacial score (nSPS) is 10.0. The molecule has 0 unspecified atom stereocenters. The SMILES string of the molecule is CCCc1ncoc1OCC. The largest absolute Gasteiger partial charge is 0.464 e. The Bertz CT molecular complexity index is 187. The van der Waals surface area contributed by atoms with Gasteiger partial charge in [-0.05, 0) is 13.3 Å². The number of rotatable bonds is 4. The predicted octanol–water partition coefficient (Wildman–Crippen LogP) is 2.03. The molecule has 0 saturated carbocycles. The summed E-state index contributed by atoms with van der Waals surface area (Å²) >= 11 is 0. The van der Waals surface area contributed by atoms with Gasteiger partial charge in [-0.3, -0.25) is 0 Å². The van der Waals surface area contributed by atoms with Crippen LogP contribution in [0.4, 0.5) is 0 Å². The van der Waals surface area contributed by atoms with E-state index < -0.39 is 0 Å². The molecule has 0 aliphatic rings. The van der Waals surface area contributed by atoms with Gasteiger partial charge in [0.1, 0.15) is 5.69 Å². The highest BCUT2D eigenvalue weighted by molar-refractivity contribution is 5.13. The Hall–Kier alpha value is -0.990. The van der Waals surface area contributed by atoms with Gasteiger partial charge in [0.25, 0.3) is 0 Å². The Kier molecular flexibility index (Phi) is 2.95. The van der Waals surface area contributed by atoms with Crippen LogP contribution in [0.15, 0.2) is 10.8 Å². The fraction of sp³-hybridized carbons (Fsp3) is 0.625. The van der Waals surface area contributed by atoms with Crippen LogP contribution in [-0.2, 0) is 6.42 Å². The molecule has 0 aliphatic heterocycles. The lowest BCUT2D eigenvalue weighted by atomic mass is 10.3. The highest BCUT2D eigenvalue weighted by atomic mass is 16.6. The Labute approximate surface area is 66.4 Å². The maximum absolute atomic E-state index is 5.20. The number of hydrogen-bond acceptors (Lipinski definition) is 3. The van der Waals surface area contributed by atoms with Crippen LogP contribution in [0.25, 0.3) is 0 Å². The Morgan fingerprint density at radius 3 is 3.00 bits per heavy atom. The summed E-state index contributed by atoms with van der Waals surface area (Å²) in [6.45, 7) is 4.66. The van der Waals surface area contributed by atoms with Crippen LogP contribution in [-0.4, -0.2) is 11.6 Å². The number of oxazole rings is 1. The maximum Gasteiger partial charge on any atom is 0.308 e. The molecule has 0 N–H and O–H groups in total. The van der Waals surface area contributed by atoms with Crippen LogP contribution < -0.4 is 4.74 Å². The van der Waals surface area contributed by atoms with E-state index in [0.29, 0.717) is 12.6 Å². The van der Waals surface area contributed by atoms with Crippen LogP contribution in [0.1, 0.15) is 26.0 Å². The molecular weight excluding hydrogens is 142 g/mol. The second-order valence-electron chi connectivity index (χ2n) is 2.27. The Balaban J connectivity index is 2.62. The topological polar surface area (TPSA) is 35.3 Å². The summed E-state index contributed by atoms with van der Waals surface area (Å²) in [5.41, 5.74) is 0.925. The lowest BCUT2D eigenvalue weighted by Crippen LogP contribution is -1.94. The first-order chi connectivity index (χ1) is 5.38. The molecule has 62 valence electrons. The molecule has 0 spiro atoms. The number of hydrogen-bond donors (Lipinski definition) is 0. The highest BCUT2D eigenvalue weighted by Crippen LogP contribution is 2.17. The zero-order chi connectivity index (χ0) is 8.10. The number of aromatic nitrogens is 1. The number of aryl methyl sites for hydroxylation is 1. The van der Waals surface area contributed by atoms with Crippen molar-refractivity contribution < 1.29 is 9.15 Å². The number of nitrogens with zero attached hydrogens (tertiary/aromatic N) is 1. The fourth-order valence-corrected chi connectivity index (χ4v) is 0.910. The molecule has 0 bridgehead atoms. The molecule has 3 heteroatoms. The molecule has 0 aliphatic carbocycles. The first-order valence-electron chi connectivity index (χ1n) is 3.93. The summed E-state index contributed by atoms with van der Waals surface area (Å²) in [7, 11) is 0. The molecule has 0 radical (unpaired) electrons. The summed E-state index contributed by atoms with van der Waals surface area (Å²) < 4.78 is 10.2. The first-order valence-corrected chi connectivity index (χ1v) is 3.93. The molecule has 11 heavy (non-hydrogen) atoms.